The van der Waals surface area contributed by atoms with Crippen LogP contribution in [0.1, 0.15) is 40.9 Å². The highest BCUT2D eigenvalue weighted by molar-refractivity contribution is 5.94. The predicted octanol–water partition coefficient (Wildman–Crippen LogP) is 2.74. The first-order chi connectivity index (χ1) is 12.7. The van der Waals surface area contributed by atoms with Gasteiger partial charge >= 0.3 is 5.97 Å². The molecule has 6 heteroatoms. The predicted molar refractivity (Wildman–Crippen MR) is 96.4 cm³/mol. The molecule has 1 atom stereocenters. The van der Waals surface area contributed by atoms with Gasteiger partial charge in [-0.25, -0.2) is 0 Å². The van der Waals surface area contributed by atoms with Crippen molar-refractivity contribution in [3.63, 3.8) is 0 Å². The lowest BCUT2D eigenvalue weighted by molar-refractivity contribution is -0.148. The van der Waals surface area contributed by atoms with Crippen molar-refractivity contribution >= 4 is 11.9 Å². The number of ether oxygens (including phenoxy) is 1. The number of benzene rings is 1. The molecule has 0 saturated carbocycles. The van der Waals surface area contributed by atoms with E-state index in [0.29, 0.717) is 24.4 Å². The van der Waals surface area contributed by atoms with Crippen LogP contribution in [0.3, 0.4) is 0 Å². The number of methoxy groups -OCH3 is 1. The maximum atomic E-state index is 12.4. The van der Waals surface area contributed by atoms with Crippen molar-refractivity contribution in [2.24, 2.45) is 0 Å². The van der Waals surface area contributed by atoms with Crippen LogP contribution in [-0.4, -0.2) is 36.5 Å². The zero-order chi connectivity index (χ0) is 18.4. The van der Waals surface area contributed by atoms with Crippen LogP contribution in [0.25, 0.3) is 0 Å². The first kappa shape index (κ1) is 18.2. The van der Waals surface area contributed by atoms with E-state index in [9.17, 15) is 9.59 Å². The number of carbonyl (C=O) groups is 2. The van der Waals surface area contributed by atoms with Gasteiger partial charge in [-0.2, -0.15) is 0 Å². The fourth-order valence-corrected chi connectivity index (χ4v) is 3.31. The largest absolute Gasteiger partial charge is 0.468 e. The Bertz CT molecular complexity index is 742. The third kappa shape index (κ3) is 4.52. The van der Waals surface area contributed by atoms with Crippen molar-refractivity contribution in [2.75, 3.05) is 13.7 Å². The molecule has 0 radical (unpaired) electrons. The van der Waals surface area contributed by atoms with Gasteiger partial charge in [-0.3, -0.25) is 14.5 Å². The SMILES string of the molecule is COC(=O)C1CCCCN1Cc1cccc(C(=O)NCc2ccco2)c1. The lowest BCUT2D eigenvalue weighted by Gasteiger charge is -2.33. The molecule has 3 rings (SSSR count). The smallest absolute Gasteiger partial charge is 0.323 e. The van der Waals surface area contributed by atoms with Gasteiger partial charge in [0.15, 0.2) is 0 Å². The van der Waals surface area contributed by atoms with Crippen LogP contribution in [0.15, 0.2) is 47.1 Å². The maximum Gasteiger partial charge on any atom is 0.323 e. The molecule has 0 aliphatic carbocycles. The maximum absolute atomic E-state index is 12.4. The average molecular weight is 356 g/mol. The summed E-state index contributed by atoms with van der Waals surface area (Å²) >= 11 is 0. The highest BCUT2D eigenvalue weighted by atomic mass is 16.5. The summed E-state index contributed by atoms with van der Waals surface area (Å²) in [7, 11) is 1.43. The minimum Gasteiger partial charge on any atom is -0.468 e. The minimum absolute atomic E-state index is 0.147. The molecule has 1 aliphatic heterocycles. The number of nitrogens with zero attached hydrogens (tertiary/aromatic N) is 1. The quantitative estimate of drug-likeness (QED) is 0.806. The number of amides is 1. The molecule has 138 valence electrons. The zero-order valence-corrected chi connectivity index (χ0v) is 14.9. The second kappa shape index (κ2) is 8.67. The number of hydrogen-bond acceptors (Lipinski definition) is 5. The van der Waals surface area contributed by atoms with Gasteiger partial charge in [0.1, 0.15) is 11.8 Å². The van der Waals surface area contributed by atoms with E-state index in [-0.39, 0.29) is 17.9 Å². The summed E-state index contributed by atoms with van der Waals surface area (Å²) in [6.07, 6.45) is 4.50. The van der Waals surface area contributed by atoms with Gasteiger partial charge < -0.3 is 14.5 Å². The van der Waals surface area contributed by atoms with Gasteiger partial charge in [0.25, 0.3) is 5.91 Å². The van der Waals surface area contributed by atoms with E-state index in [2.05, 4.69) is 10.2 Å². The Morgan fingerprint density at radius 1 is 1.27 bits per heavy atom. The van der Waals surface area contributed by atoms with E-state index in [1.54, 1.807) is 18.4 Å². The van der Waals surface area contributed by atoms with E-state index in [4.69, 9.17) is 9.15 Å². The third-order valence-corrected chi connectivity index (χ3v) is 4.67. The second-order valence-corrected chi connectivity index (χ2v) is 6.47. The van der Waals surface area contributed by atoms with E-state index >= 15 is 0 Å². The number of nitrogens with one attached hydrogen (secondary N) is 1. The van der Waals surface area contributed by atoms with Crippen molar-refractivity contribution in [2.45, 2.75) is 38.4 Å². The molecule has 1 saturated heterocycles. The normalized spacial score (nSPS) is 17.7. The molecule has 0 spiro atoms. The molecule has 1 aromatic carbocycles. The molecule has 1 unspecified atom stereocenters. The van der Waals surface area contributed by atoms with Crippen LogP contribution >= 0.6 is 0 Å². The van der Waals surface area contributed by atoms with Gasteiger partial charge in [-0.15, -0.1) is 0 Å². The van der Waals surface area contributed by atoms with Crippen molar-refractivity contribution in [1.29, 1.82) is 0 Å². The third-order valence-electron chi connectivity index (χ3n) is 4.67. The number of hydrogen-bond donors (Lipinski definition) is 1. The second-order valence-electron chi connectivity index (χ2n) is 6.47. The Balaban J connectivity index is 1.64. The molecule has 1 aromatic heterocycles. The number of furan rings is 1. The first-order valence-corrected chi connectivity index (χ1v) is 8.89. The summed E-state index contributed by atoms with van der Waals surface area (Å²) in [6.45, 7) is 1.83. The molecule has 2 aromatic rings. The van der Waals surface area contributed by atoms with Gasteiger partial charge in [-0.05, 0) is 49.2 Å². The lowest BCUT2D eigenvalue weighted by atomic mass is 10.0. The molecule has 1 amide bonds. The summed E-state index contributed by atoms with van der Waals surface area (Å²) in [6, 6.07) is 10.9. The average Bonchev–Trinajstić information content (AvgIpc) is 3.20. The molecule has 0 bridgehead atoms. The summed E-state index contributed by atoms with van der Waals surface area (Å²) < 4.78 is 10.2. The molecular formula is C20H24N2O4. The Morgan fingerprint density at radius 3 is 2.92 bits per heavy atom. The van der Waals surface area contributed by atoms with E-state index in [1.165, 1.54) is 7.11 Å². The van der Waals surface area contributed by atoms with Crippen LogP contribution in [0.4, 0.5) is 0 Å². The van der Waals surface area contributed by atoms with Crippen LogP contribution < -0.4 is 5.32 Å². The highest BCUT2D eigenvalue weighted by Gasteiger charge is 2.29. The fraction of sp³-hybridized carbons (Fsp3) is 0.400. The molecule has 6 nitrogen and oxygen atoms in total. The van der Waals surface area contributed by atoms with E-state index in [0.717, 1.165) is 31.4 Å². The Kier molecular flexibility index (Phi) is 6.07. The van der Waals surface area contributed by atoms with Crippen molar-refractivity contribution in [3.8, 4) is 0 Å². The monoisotopic (exact) mass is 356 g/mol. The summed E-state index contributed by atoms with van der Waals surface area (Å²) in [5, 5.41) is 2.85. The Labute approximate surface area is 153 Å². The van der Waals surface area contributed by atoms with Crippen LogP contribution in [0, 0.1) is 0 Å². The van der Waals surface area contributed by atoms with Crippen LogP contribution in [-0.2, 0) is 22.6 Å². The Morgan fingerprint density at radius 2 is 2.15 bits per heavy atom. The molecular weight excluding hydrogens is 332 g/mol. The van der Waals surface area contributed by atoms with Gasteiger partial charge in [0.05, 0.1) is 19.9 Å². The minimum atomic E-state index is -0.204. The molecule has 1 N–H and O–H groups in total. The fourth-order valence-electron chi connectivity index (χ4n) is 3.31. The van der Waals surface area contributed by atoms with Gasteiger partial charge in [0, 0.05) is 12.1 Å². The lowest BCUT2D eigenvalue weighted by Crippen LogP contribution is -2.44. The highest BCUT2D eigenvalue weighted by Crippen LogP contribution is 2.21. The van der Waals surface area contributed by atoms with Gasteiger partial charge in [0.2, 0.25) is 0 Å². The van der Waals surface area contributed by atoms with Crippen molar-refractivity contribution < 1.29 is 18.7 Å². The first-order valence-electron chi connectivity index (χ1n) is 8.89. The van der Waals surface area contributed by atoms with Crippen LogP contribution in [0.5, 0.6) is 0 Å². The molecule has 1 aliphatic rings. The Hall–Kier alpha value is -2.60. The number of piperidine rings is 1. The molecule has 2 heterocycles. The molecule has 26 heavy (non-hydrogen) atoms. The summed E-state index contributed by atoms with van der Waals surface area (Å²) in [4.78, 5) is 26.5. The van der Waals surface area contributed by atoms with Crippen LogP contribution in [0.2, 0.25) is 0 Å². The molecule has 1 fully saturated rings. The van der Waals surface area contributed by atoms with Gasteiger partial charge in [-0.1, -0.05) is 18.6 Å². The standard InChI is InChI=1S/C20H24N2O4/c1-25-20(24)18-9-2-3-10-22(18)14-15-6-4-7-16(12-15)19(23)21-13-17-8-5-11-26-17/h4-8,11-12,18H,2-3,9-10,13-14H2,1H3,(H,21,23). The number of esters is 1. The van der Waals surface area contributed by atoms with E-state index < -0.39 is 0 Å². The number of carbonyl (C=O) groups excluding carboxylic acids is 2. The number of rotatable bonds is 6. The zero-order valence-electron chi connectivity index (χ0n) is 14.9. The number of likely N-dealkylation sites (tertiary alicyclic amines) is 1. The summed E-state index contributed by atoms with van der Waals surface area (Å²) in [5.41, 5.74) is 1.60. The topological polar surface area (TPSA) is 71.8 Å². The summed E-state index contributed by atoms with van der Waals surface area (Å²) in [5.74, 6) is 0.382. The van der Waals surface area contributed by atoms with E-state index in [1.807, 2.05) is 24.3 Å². The van der Waals surface area contributed by atoms with Crippen molar-refractivity contribution in [1.82, 2.24) is 10.2 Å². The van der Waals surface area contributed by atoms with Crippen molar-refractivity contribution in [3.05, 3.63) is 59.5 Å².